The molecule has 0 aliphatic carbocycles. The van der Waals surface area contributed by atoms with Crippen molar-refractivity contribution in [2.45, 2.75) is 44.1 Å². The molecule has 0 heterocycles. The number of benzene rings is 1. The zero-order valence-corrected chi connectivity index (χ0v) is 14.1. The maximum absolute atomic E-state index is 12.0. The number of hydrogen-bond acceptors (Lipinski definition) is 5. The minimum atomic E-state index is -4.44. The highest BCUT2D eigenvalue weighted by Crippen LogP contribution is 2.23. The number of nitrogens with one attached hydrogen (secondary N) is 1. The highest BCUT2D eigenvalue weighted by atomic mass is 32.2. The number of anilines is 1. The summed E-state index contributed by atoms with van der Waals surface area (Å²) in [5, 5.41) is 2.46. The van der Waals surface area contributed by atoms with E-state index in [0.29, 0.717) is 12.0 Å². The average molecular weight is 343 g/mol. The number of rotatable bonds is 8. The predicted molar refractivity (Wildman–Crippen MR) is 85.0 cm³/mol. The van der Waals surface area contributed by atoms with Gasteiger partial charge in [-0.3, -0.25) is 14.1 Å². The summed E-state index contributed by atoms with van der Waals surface area (Å²) in [7, 11) is -2.98. The minimum absolute atomic E-state index is 0.0173. The fourth-order valence-electron chi connectivity index (χ4n) is 2.07. The van der Waals surface area contributed by atoms with Crippen molar-refractivity contribution in [2.75, 3.05) is 12.4 Å². The largest absolute Gasteiger partial charge is 0.381 e. The van der Waals surface area contributed by atoms with E-state index in [1.165, 1.54) is 26.2 Å². The van der Waals surface area contributed by atoms with Gasteiger partial charge in [0.1, 0.15) is 10.7 Å². The van der Waals surface area contributed by atoms with E-state index in [0.717, 1.165) is 0 Å². The zero-order valence-electron chi connectivity index (χ0n) is 13.3. The van der Waals surface area contributed by atoms with Gasteiger partial charge < -0.3 is 10.1 Å². The predicted octanol–water partition coefficient (Wildman–Crippen LogP) is 1.95. The Morgan fingerprint density at radius 2 is 2.00 bits per heavy atom. The van der Waals surface area contributed by atoms with Crippen LogP contribution in [0, 0.1) is 6.92 Å². The van der Waals surface area contributed by atoms with E-state index in [4.69, 9.17) is 4.74 Å². The van der Waals surface area contributed by atoms with E-state index < -0.39 is 16.0 Å². The maximum atomic E-state index is 12.0. The summed E-state index contributed by atoms with van der Waals surface area (Å²) >= 11 is 0. The second-order valence-electron chi connectivity index (χ2n) is 5.33. The fourth-order valence-corrected chi connectivity index (χ4v) is 2.81. The van der Waals surface area contributed by atoms with Gasteiger partial charge in [0.25, 0.3) is 10.1 Å². The fraction of sp³-hybridized carbons (Fsp3) is 0.467. The lowest BCUT2D eigenvalue weighted by atomic mass is 10.1. The lowest BCUT2D eigenvalue weighted by Crippen LogP contribution is -2.20. The number of hydrogen-bond donors (Lipinski definition) is 2. The van der Waals surface area contributed by atoms with Gasteiger partial charge in [-0.2, -0.15) is 8.42 Å². The lowest BCUT2D eigenvalue weighted by molar-refractivity contribution is -0.121. The molecule has 1 aromatic rings. The van der Waals surface area contributed by atoms with Gasteiger partial charge in [-0.15, -0.1) is 0 Å². The average Bonchev–Trinajstić information content (AvgIpc) is 2.43. The van der Waals surface area contributed by atoms with Crippen LogP contribution in [0.25, 0.3) is 0 Å². The Hall–Kier alpha value is -1.77. The molecule has 0 aliphatic rings. The molecule has 1 aromatic carbocycles. The molecule has 1 rings (SSSR count). The molecule has 128 valence electrons. The van der Waals surface area contributed by atoms with Gasteiger partial charge in [0.05, 0.1) is 11.8 Å². The van der Waals surface area contributed by atoms with Crippen molar-refractivity contribution < 1.29 is 27.3 Å². The molecule has 2 N–H and O–H groups in total. The second kappa shape index (κ2) is 8.19. The maximum Gasteiger partial charge on any atom is 0.296 e. The van der Waals surface area contributed by atoms with Crippen LogP contribution in [0.2, 0.25) is 0 Å². The van der Waals surface area contributed by atoms with Crippen molar-refractivity contribution in [3.05, 3.63) is 23.8 Å². The molecule has 0 aromatic heterocycles. The smallest absolute Gasteiger partial charge is 0.296 e. The third-order valence-corrected chi connectivity index (χ3v) is 4.12. The van der Waals surface area contributed by atoms with Crippen molar-refractivity contribution in [3.8, 4) is 0 Å². The molecule has 0 aliphatic heterocycles. The Labute approximate surface area is 135 Å². The van der Waals surface area contributed by atoms with E-state index in [-0.39, 0.29) is 35.3 Å². The van der Waals surface area contributed by atoms with E-state index >= 15 is 0 Å². The van der Waals surface area contributed by atoms with E-state index in [1.54, 1.807) is 13.0 Å². The molecular formula is C15H21NO6S. The van der Waals surface area contributed by atoms with Gasteiger partial charge in [0, 0.05) is 20.0 Å². The van der Waals surface area contributed by atoms with Crippen LogP contribution < -0.4 is 5.32 Å². The van der Waals surface area contributed by atoms with Crippen LogP contribution in [0.15, 0.2) is 23.1 Å². The quantitative estimate of drug-likeness (QED) is 0.698. The summed E-state index contributed by atoms with van der Waals surface area (Å²) in [6.07, 6.45) is 0.238. The molecule has 0 saturated heterocycles. The van der Waals surface area contributed by atoms with Crippen molar-refractivity contribution >= 4 is 27.5 Å². The van der Waals surface area contributed by atoms with Crippen LogP contribution in [-0.4, -0.2) is 37.9 Å². The SMILES string of the molecule is COC(CCC(=O)Nc1ccc(C)cc1S(=O)(=O)O)CC(C)=O. The van der Waals surface area contributed by atoms with Crippen molar-refractivity contribution in [1.82, 2.24) is 0 Å². The second-order valence-corrected chi connectivity index (χ2v) is 6.72. The van der Waals surface area contributed by atoms with Gasteiger partial charge in [-0.05, 0) is 38.0 Å². The van der Waals surface area contributed by atoms with Crippen molar-refractivity contribution in [3.63, 3.8) is 0 Å². The van der Waals surface area contributed by atoms with Crippen LogP contribution in [0.4, 0.5) is 5.69 Å². The monoisotopic (exact) mass is 343 g/mol. The van der Waals surface area contributed by atoms with Crippen LogP contribution >= 0.6 is 0 Å². The molecule has 0 radical (unpaired) electrons. The summed E-state index contributed by atoms with van der Waals surface area (Å²) in [6.45, 7) is 3.11. The third kappa shape index (κ3) is 6.47. The molecule has 23 heavy (non-hydrogen) atoms. The summed E-state index contributed by atoms with van der Waals surface area (Å²) in [4.78, 5) is 22.7. The third-order valence-electron chi connectivity index (χ3n) is 3.23. The van der Waals surface area contributed by atoms with Crippen LogP contribution in [0.1, 0.15) is 31.7 Å². The molecule has 1 atom stereocenters. The first kappa shape index (κ1) is 19.3. The van der Waals surface area contributed by atoms with Gasteiger partial charge in [0.15, 0.2) is 0 Å². The zero-order chi connectivity index (χ0) is 17.6. The normalized spacial score (nSPS) is 12.7. The number of carbonyl (C=O) groups excluding carboxylic acids is 2. The Kier molecular flexibility index (Phi) is 6.86. The summed E-state index contributed by atoms with van der Waals surface area (Å²) in [5.41, 5.74) is 0.653. The molecule has 1 unspecified atom stereocenters. The first-order chi connectivity index (χ1) is 10.6. The molecular weight excluding hydrogens is 322 g/mol. The molecule has 0 saturated carbocycles. The van der Waals surface area contributed by atoms with Crippen molar-refractivity contribution in [2.24, 2.45) is 0 Å². The number of ether oxygens (including phenoxy) is 1. The first-order valence-electron chi connectivity index (χ1n) is 7.03. The van der Waals surface area contributed by atoms with Crippen molar-refractivity contribution in [1.29, 1.82) is 0 Å². The summed E-state index contributed by atoms with van der Waals surface area (Å²) in [6, 6.07) is 4.32. The Bertz CT molecular complexity index is 683. The lowest BCUT2D eigenvalue weighted by Gasteiger charge is -2.14. The Morgan fingerprint density at radius 1 is 1.35 bits per heavy atom. The van der Waals surface area contributed by atoms with E-state index in [9.17, 15) is 22.6 Å². The van der Waals surface area contributed by atoms with Crippen LogP contribution in [-0.2, 0) is 24.4 Å². The number of amides is 1. The van der Waals surface area contributed by atoms with E-state index in [2.05, 4.69) is 5.32 Å². The highest BCUT2D eigenvalue weighted by molar-refractivity contribution is 7.86. The molecule has 1 amide bonds. The summed E-state index contributed by atoms with van der Waals surface area (Å²) < 4.78 is 37.1. The number of ketones is 1. The van der Waals surface area contributed by atoms with Gasteiger partial charge in [-0.25, -0.2) is 0 Å². The topological polar surface area (TPSA) is 110 Å². The molecule has 0 fully saturated rings. The minimum Gasteiger partial charge on any atom is -0.381 e. The molecule has 7 nitrogen and oxygen atoms in total. The number of carbonyl (C=O) groups is 2. The number of aryl methyl sites for hydroxylation is 1. The van der Waals surface area contributed by atoms with Crippen LogP contribution in [0.5, 0.6) is 0 Å². The first-order valence-corrected chi connectivity index (χ1v) is 8.47. The standard InChI is InChI=1S/C15H21NO6S/c1-10-4-6-13(14(8-10)23(19,20)21)16-15(18)7-5-12(22-3)9-11(2)17/h4,6,8,12H,5,7,9H2,1-3H3,(H,16,18)(H,19,20,21). The van der Waals surface area contributed by atoms with Crippen LogP contribution in [0.3, 0.4) is 0 Å². The Morgan fingerprint density at radius 3 is 2.52 bits per heavy atom. The summed E-state index contributed by atoms with van der Waals surface area (Å²) in [5.74, 6) is -0.464. The number of Topliss-reactive ketones (excluding diaryl/α,β-unsaturated/α-hetero) is 1. The van der Waals surface area contributed by atoms with Gasteiger partial charge in [0.2, 0.25) is 5.91 Å². The van der Waals surface area contributed by atoms with Gasteiger partial charge >= 0.3 is 0 Å². The highest BCUT2D eigenvalue weighted by Gasteiger charge is 2.18. The van der Waals surface area contributed by atoms with Gasteiger partial charge in [-0.1, -0.05) is 6.07 Å². The Balaban J connectivity index is 2.77. The molecule has 0 bridgehead atoms. The number of methoxy groups -OCH3 is 1. The van der Waals surface area contributed by atoms with E-state index in [1.807, 2.05) is 0 Å². The molecule has 8 heteroatoms. The molecule has 0 spiro atoms.